The Bertz CT molecular complexity index is 1100. The molecule has 2 aromatic carbocycles. The summed E-state index contributed by atoms with van der Waals surface area (Å²) in [5.74, 6) is 1.45. The van der Waals surface area contributed by atoms with E-state index in [2.05, 4.69) is 41.3 Å². The first kappa shape index (κ1) is 18.1. The summed E-state index contributed by atoms with van der Waals surface area (Å²) in [5.41, 5.74) is 16.6. The minimum Gasteiger partial charge on any atom is -0.496 e. The van der Waals surface area contributed by atoms with Gasteiger partial charge in [0.15, 0.2) is 5.66 Å². The van der Waals surface area contributed by atoms with Gasteiger partial charge in [-0.3, -0.25) is 5.73 Å². The molecule has 0 amide bonds. The Kier molecular flexibility index (Phi) is 4.35. The molecule has 0 aliphatic carbocycles. The summed E-state index contributed by atoms with van der Waals surface area (Å²) in [6.07, 6.45) is 3.61. The van der Waals surface area contributed by atoms with E-state index in [0.717, 1.165) is 33.5 Å². The monoisotopic (exact) mass is 375 g/mol. The molecule has 1 unspecified atom stereocenters. The van der Waals surface area contributed by atoms with Gasteiger partial charge in [0.25, 0.3) is 0 Å². The van der Waals surface area contributed by atoms with Crippen molar-refractivity contribution in [2.45, 2.75) is 25.4 Å². The number of H-pyrrole nitrogens is 1. The molecule has 2 heterocycles. The number of nitrogens with zero attached hydrogens (tertiary/aromatic N) is 1. The number of fused-ring (bicyclic) bond motifs is 1. The van der Waals surface area contributed by atoms with Crippen LogP contribution in [0, 0.1) is 0 Å². The second-order valence-corrected chi connectivity index (χ2v) is 7.38. The summed E-state index contributed by atoms with van der Waals surface area (Å²) in [7, 11) is 1.66. The topological polar surface area (TPSA) is 101 Å². The van der Waals surface area contributed by atoms with E-state index in [1.54, 1.807) is 13.3 Å². The molecule has 6 N–H and O–H groups in total. The van der Waals surface area contributed by atoms with Crippen LogP contribution in [-0.2, 0) is 5.66 Å². The molecule has 6 heteroatoms. The Balaban J connectivity index is 1.78. The van der Waals surface area contributed by atoms with Crippen LogP contribution in [0.5, 0.6) is 5.75 Å². The van der Waals surface area contributed by atoms with Gasteiger partial charge in [-0.05, 0) is 47.2 Å². The van der Waals surface area contributed by atoms with Crippen molar-refractivity contribution in [1.82, 2.24) is 10.3 Å². The number of hydrogen-bond acceptors (Lipinski definition) is 5. The number of amidine groups is 1. The highest BCUT2D eigenvalue weighted by molar-refractivity contribution is 5.96. The Labute approximate surface area is 164 Å². The predicted molar refractivity (Wildman–Crippen MR) is 114 cm³/mol. The minimum absolute atomic E-state index is 0.310. The lowest BCUT2D eigenvalue weighted by Gasteiger charge is -2.35. The zero-order valence-corrected chi connectivity index (χ0v) is 16.3. The van der Waals surface area contributed by atoms with E-state index in [4.69, 9.17) is 16.2 Å². The molecule has 1 atom stereocenters. The zero-order chi connectivity index (χ0) is 19.9. The maximum absolute atomic E-state index is 6.74. The van der Waals surface area contributed by atoms with Gasteiger partial charge in [0.05, 0.1) is 19.0 Å². The number of aromatic amines is 1. The summed E-state index contributed by atoms with van der Waals surface area (Å²) in [6, 6.07) is 14.1. The van der Waals surface area contributed by atoms with Gasteiger partial charge in [-0.2, -0.15) is 0 Å². The number of hydrogen-bond donors (Lipinski definition) is 4. The molecule has 1 aliphatic rings. The Morgan fingerprint density at radius 1 is 1.11 bits per heavy atom. The normalized spacial score (nSPS) is 19.3. The number of nitrogens with one attached hydrogen (secondary N) is 2. The zero-order valence-electron chi connectivity index (χ0n) is 16.3. The molecule has 0 radical (unpaired) electrons. The first-order valence-corrected chi connectivity index (χ1v) is 9.29. The summed E-state index contributed by atoms with van der Waals surface area (Å²) >= 11 is 0. The van der Waals surface area contributed by atoms with Crippen molar-refractivity contribution < 1.29 is 4.74 Å². The Hall–Kier alpha value is -3.25. The van der Waals surface area contributed by atoms with E-state index in [0.29, 0.717) is 11.8 Å². The number of rotatable bonds is 4. The summed E-state index contributed by atoms with van der Waals surface area (Å²) in [4.78, 5) is 7.61. The molecule has 1 aromatic heterocycles. The molecule has 0 spiro atoms. The maximum Gasteiger partial charge on any atom is 0.171 e. The first-order valence-electron chi connectivity index (χ1n) is 9.29. The molecular formula is C22H25N5O. The molecule has 4 rings (SSSR count). The predicted octanol–water partition coefficient (Wildman–Crippen LogP) is 3.37. The molecule has 0 saturated heterocycles. The van der Waals surface area contributed by atoms with Crippen LogP contribution in [0.4, 0.5) is 0 Å². The van der Waals surface area contributed by atoms with Crippen LogP contribution in [-0.4, -0.2) is 17.9 Å². The molecule has 6 nitrogen and oxygen atoms in total. The second kappa shape index (κ2) is 6.73. The van der Waals surface area contributed by atoms with Crippen LogP contribution < -0.4 is 21.5 Å². The highest BCUT2D eigenvalue weighted by atomic mass is 16.5. The van der Waals surface area contributed by atoms with E-state index in [9.17, 15) is 0 Å². The fourth-order valence-corrected chi connectivity index (χ4v) is 3.50. The Morgan fingerprint density at radius 2 is 1.93 bits per heavy atom. The lowest BCUT2D eigenvalue weighted by atomic mass is 9.94. The Morgan fingerprint density at radius 3 is 2.68 bits per heavy atom. The lowest BCUT2D eigenvalue weighted by molar-refractivity contribution is 0.412. The van der Waals surface area contributed by atoms with Gasteiger partial charge < -0.3 is 20.8 Å². The molecule has 144 valence electrons. The third-order valence-electron chi connectivity index (χ3n) is 5.26. The largest absolute Gasteiger partial charge is 0.496 e. The number of aromatic nitrogens is 1. The van der Waals surface area contributed by atoms with Crippen molar-refractivity contribution in [3.8, 4) is 5.75 Å². The van der Waals surface area contributed by atoms with Crippen LogP contribution in [0.2, 0.25) is 0 Å². The number of aliphatic imine (C=N–C) groups is 1. The van der Waals surface area contributed by atoms with E-state index in [1.807, 2.05) is 36.5 Å². The number of methoxy groups -OCH3 is 1. The van der Waals surface area contributed by atoms with Crippen LogP contribution in [0.15, 0.2) is 59.9 Å². The van der Waals surface area contributed by atoms with E-state index >= 15 is 0 Å². The highest BCUT2D eigenvalue weighted by Crippen LogP contribution is 2.33. The summed E-state index contributed by atoms with van der Waals surface area (Å²) in [5, 5.41) is 4.47. The van der Waals surface area contributed by atoms with Crippen molar-refractivity contribution in [2.75, 3.05) is 7.11 Å². The third kappa shape index (κ3) is 2.92. The smallest absolute Gasteiger partial charge is 0.171 e. The van der Waals surface area contributed by atoms with Crippen molar-refractivity contribution in [3.63, 3.8) is 0 Å². The van der Waals surface area contributed by atoms with Gasteiger partial charge in [-0.1, -0.05) is 26.0 Å². The minimum atomic E-state index is -1.12. The van der Waals surface area contributed by atoms with Crippen molar-refractivity contribution in [2.24, 2.45) is 16.5 Å². The molecule has 0 saturated carbocycles. The van der Waals surface area contributed by atoms with Crippen LogP contribution >= 0.6 is 0 Å². The summed E-state index contributed by atoms with van der Waals surface area (Å²) < 4.78 is 5.58. The quantitative estimate of drug-likeness (QED) is 0.561. The van der Waals surface area contributed by atoms with Gasteiger partial charge in [0, 0.05) is 22.8 Å². The van der Waals surface area contributed by atoms with E-state index in [-0.39, 0.29) is 0 Å². The maximum atomic E-state index is 6.74. The molecular weight excluding hydrogens is 350 g/mol. The molecule has 28 heavy (non-hydrogen) atoms. The van der Waals surface area contributed by atoms with Gasteiger partial charge in [0.2, 0.25) is 0 Å². The van der Waals surface area contributed by atoms with E-state index in [1.165, 1.54) is 5.56 Å². The van der Waals surface area contributed by atoms with Crippen LogP contribution in [0.25, 0.3) is 16.6 Å². The highest BCUT2D eigenvalue weighted by Gasteiger charge is 2.36. The number of benzene rings is 2. The van der Waals surface area contributed by atoms with Crippen molar-refractivity contribution in [1.29, 1.82) is 0 Å². The van der Waals surface area contributed by atoms with Crippen LogP contribution in [0.3, 0.4) is 0 Å². The van der Waals surface area contributed by atoms with Crippen molar-refractivity contribution >= 4 is 22.4 Å². The van der Waals surface area contributed by atoms with E-state index < -0.39 is 5.66 Å². The average Bonchev–Trinajstić information content (AvgIpc) is 3.17. The van der Waals surface area contributed by atoms with Crippen LogP contribution in [0.1, 0.15) is 36.5 Å². The third-order valence-corrected chi connectivity index (χ3v) is 5.26. The molecule has 3 aromatic rings. The lowest BCUT2D eigenvalue weighted by Crippen LogP contribution is -2.60. The molecule has 0 fully saturated rings. The molecule has 0 bridgehead atoms. The van der Waals surface area contributed by atoms with Gasteiger partial charge in [0.1, 0.15) is 11.6 Å². The number of nitrogens with two attached hydrogens (primary N) is 2. The fraction of sp³-hybridized carbons (Fsp3) is 0.227. The number of ether oxygens (including phenoxy) is 1. The van der Waals surface area contributed by atoms with Gasteiger partial charge >= 0.3 is 0 Å². The standard InChI is InChI=1S/C22H25N5O/c1-13(2)14-4-7-20(28-3)17(11-14)19-12-26-21(23)22(24,27-19)16-5-6-18-15(10-16)8-9-25-18/h4-13,25,27H,24H2,1-3H3,(H2,23,26). The fourth-order valence-electron chi connectivity index (χ4n) is 3.50. The second-order valence-electron chi connectivity index (χ2n) is 7.38. The average molecular weight is 375 g/mol. The van der Waals surface area contributed by atoms with Gasteiger partial charge in [-0.15, -0.1) is 0 Å². The van der Waals surface area contributed by atoms with Crippen molar-refractivity contribution in [3.05, 3.63) is 71.6 Å². The first-order chi connectivity index (χ1) is 13.4. The molecule has 1 aliphatic heterocycles. The summed E-state index contributed by atoms with van der Waals surface area (Å²) in [6.45, 7) is 4.31. The SMILES string of the molecule is COc1ccc(C(C)C)cc1C1=CN=C(N)C(N)(c2ccc3[nH]ccc3c2)N1. The van der Waals surface area contributed by atoms with Gasteiger partial charge in [-0.25, -0.2) is 4.99 Å².